The Kier molecular flexibility index (Phi) is 4.96. The van der Waals surface area contributed by atoms with Crippen molar-refractivity contribution in [2.45, 2.75) is 84.5 Å². The van der Waals surface area contributed by atoms with E-state index in [-0.39, 0.29) is 5.41 Å². The van der Waals surface area contributed by atoms with Crippen LogP contribution in [0.5, 0.6) is 0 Å². The zero-order valence-corrected chi connectivity index (χ0v) is 14.6. The van der Waals surface area contributed by atoms with E-state index in [0.717, 1.165) is 36.5 Å². The van der Waals surface area contributed by atoms with Gasteiger partial charge in [0.05, 0.1) is 11.5 Å². The van der Waals surface area contributed by atoms with Gasteiger partial charge in [-0.1, -0.05) is 38.3 Å². The van der Waals surface area contributed by atoms with Gasteiger partial charge < -0.3 is 0 Å². The fourth-order valence-electron chi connectivity index (χ4n) is 5.27. The van der Waals surface area contributed by atoms with Crippen LogP contribution in [-0.2, 0) is 0 Å². The second kappa shape index (κ2) is 6.77. The van der Waals surface area contributed by atoms with Crippen LogP contribution in [0.2, 0.25) is 0 Å². The SMILES string of the molecule is CC1CC=C(C2(C#N)CCC(C3CCC(C)CC3)CC2)CC1. The Morgan fingerprint density at radius 1 is 0.909 bits per heavy atom. The molecule has 0 aromatic carbocycles. The van der Waals surface area contributed by atoms with Crippen molar-refractivity contribution in [3.8, 4) is 6.07 Å². The summed E-state index contributed by atoms with van der Waals surface area (Å²) in [6, 6.07) is 2.76. The maximum Gasteiger partial charge on any atom is 0.0782 e. The van der Waals surface area contributed by atoms with Crippen molar-refractivity contribution >= 4 is 0 Å². The van der Waals surface area contributed by atoms with Gasteiger partial charge in [0.1, 0.15) is 0 Å². The van der Waals surface area contributed by atoms with Gasteiger partial charge >= 0.3 is 0 Å². The molecule has 0 aromatic heterocycles. The average Bonchev–Trinajstić information content (AvgIpc) is 2.56. The standard InChI is InChI=1S/C21H33N/c1-16-3-7-18(8-4-16)19-11-13-21(15-22,14-12-19)20-9-5-17(2)6-10-20/h9,16-19H,3-8,10-14H2,1-2H3. The molecule has 0 saturated heterocycles. The number of rotatable bonds is 2. The van der Waals surface area contributed by atoms with Crippen LogP contribution in [0.4, 0.5) is 0 Å². The lowest BCUT2D eigenvalue weighted by atomic mass is 9.61. The monoisotopic (exact) mass is 299 g/mol. The van der Waals surface area contributed by atoms with Crippen molar-refractivity contribution in [1.29, 1.82) is 5.26 Å². The predicted molar refractivity (Wildman–Crippen MR) is 92.2 cm³/mol. The third-order valence-electron chi connectivity index (χ3n) is 7.11. The molecule has 0 amide bonds. The van der Waals surface area contributed by atoms with Gasteiger partial charge in [-0.25, -0.2) is 0 Å². The molecule has 2 fully saturated rings. The zero-order chi connectivity index (χ0) is 15.6. The minimum atomic E-state index is -0.0847. The molecule has 0 aromatic rings. The molecule has 122 valence electrons. The summed E-state index contributed by atoms with van der Waals surface area (Å²) in [7, 11) is 0. The molecule has 1 unspecified atom stereocenters. The van der Waals surface area contributed by atoms with Gasteiger partial charge in [0.2, 0.25) is 0 Å². The highest BCUT2D eigenvalue weighted by Gasteiger charge is 2.41. The van der Waals surface area contributed by atoms with E-state index >= 15 is 0 Å². The minimum absolute atomic E-state index is 0.0847. The van der Waals surface area contributed by atoms with E-state index in [0.29, 0.717) is 0 Å². The summed E-state index contributed by atoms with van der Waals surface area (Å²) in [6.07, 6.45) is 16.8. The van der Waals surface area contributed by atoms with Gasteiger partial charge in [0, 0.05) is 0 Å². The van der Waals surface area contributed by atoms with E-state index in [2.05, 4.69) is 26.0 Å². The zero-order valence-electron chi connectivity index (χ0n) is 14.6. The van der Waals surface area contributed by atoms with Crippen molar-refractivity contribution in [1.82, 2.24) is 0 Å². The highest BCUT2D eigenvalue weighted by Crippen LogP contribution is 2.50. The quantitative estimate of drug-likeness (QED) is 0.552. The molecule has 0 N–H and O–H groups in total. The number of hydrogen-bond donors (Lipinski definition) is 0. The van der Waals surface area contributed by atoms with Crippen LogP contribution < -0.4 is 0 Å². The van der Waals surface area contributed by atoms with Crippen molar-refractivity contribution < 1.29 is 0 Å². The van der Waals surface area contributed by atoms with E-state index in [4.69, 9.17) is 0 Å². The number of hydrogen-bond acceptors (Lipinski definition) is 1. The van der Waals surface area contributed by atoms with Crippen LogP contribution in [0, 0.1) is 40.4 Å². The van der Waals surface area contributed by atoms with Gasteiger partial charge in [-0.05, 0) is 81.5 Å². The Balaban J connectivity index is 1.61. The number of nitriles is 1. The summed E-state index contributed by atoms with van der Waals surface area (Å²) in [5.74, 6) is 3.65. The van der Waals surface area contributed by atoms with Crippen molar-refractivity contribution in [2.75, 3.05) is 0 Å². The first-order valence-electron chi connectivity index (χ1n) is 9.74. The molecule has 1 atom stereocenters. The molecule has 0 radical (unpaired) electrons. The van der Waals surface area contributed by atoms with E-state index < -0.39 is 0 Å². The van der Waals surface area contributed by atoms with Crippen molar-refractivity contribution in [2.24, 2.45) is 29.1 Å². The predicted octanol–water partition coefficient (Wildman–Crippen LogP) is 6.26. The van der Waals surface area contributed by atoms with Crippen LogP contribution in [0.3, 0.4) is 0 Å². The fourth-order valence-corrected chi connectivity index (χ4v) is 5.27. The Morgan fingerprint density at radius 3 is 2.09 bits per heavy atom. The van der Waals surface area contributed by atoms with Gasteiger partial charge in [0.15, 0.2) is 0 Å². The summed E-state index contributed by atoms with van der Waals surface area (Å²) < 4.78 is 0. The molecule has 0 spiro atoms. The van der Waals surface area contributed by atoms with Crippen LogP contribution in [-0.4, -0.2) is 0 Å². The Labute approximate surface area is 137 Å². The molecule has 3 aliphatic carbocycles. The molecule has 0 heterocycles. The van der Waals surface area contributed by atoms with Crippen molar-refractivity contribution in [3.05, 3.63) is 11.6 Å². The van der Waals surface area contributed by atoms with Gasteiger partial charge in [-0.2, -0.15) is 5.26 Å². The maximum absolute atomic E-state index is 9.90. The van der Waals surface area contributed by atoms with Gasteiger partial charge in [-0.15, -0.1) is 0 Å². The first-order chi connectivity index (χ1) is 10.6. The molecule has 0 aliphatic heterocycles. The second-order valence-corrected chi connectivity index (χ2v) is 8.66. The van der Waals surface area contributed by atoms with Crippen LogP contribution in [0.15, 0.2) is 11.6 Å². The average molecular weight is 300 g/mol. The largest absolute Gasteiger partial charge is 0.197 e. The first kappa shape index (κ1) is 16.1. The van der Waals surface area contributed by atoms with Crippen LogP contribution in [0.25, 0.3) is 0 Å². The fraction of sp³-hybridized carbons (Fsp3) is 0.857. The highest BCUT2D eigenvalue weighted by atomic mass is 14.5. The Morgan fingerprint density at radius 2 is 1.55 bits per heavy atom. The van der Waals surface area contributed by atoms with Crippen molar-refractivity contribution in [3.63, 3.8) is 0 Å². The number of nitrogens with zero attached hydrogens (tertiary/aromatic N) is 1. The summed E-state index contributed by atoms with van der Waals surface area (Å²) in [5.41, 5.74) is 1.42. The first-order valence-corrected chi connectivity index (χ1v) is 9.74. The molecular weight excluding hydrogens is 266 g/mol. The van der Waals surface area contributed by atoms with E-state index in [1.165, 1.54) is 63.4 Å². The van der Waals surface area contributed by atoms with Crippen LogP contribution in [0.1, 0.15) is 84.5 Å². The summed E-state index contributed by atoms with van der Waals surface area (Å²) in [5, 5.41) is 9.90. The molecule has 0 bridgehead atoms. The summed E-state index contributed by atoms with van der Waals surface area (Å²) in [6.45, 7) is 4.75. The molecular formula is C21H33N. The molecule has 2 saturated carbocycles. The Bertz CT molecular complexity index is 439. The lowest BCUT2D eigenvalue weighted by molar-refractivity contribution is 0.137. The van der Waals surface area contributed by atoms with E-state index in [1.54, 1.807) is 0 Å². The van der Waals surface area contributed by atoms with E-state index in [1.807, 2.05) is 0 Å². The highest BCUT2D eigenvalue weighted by molar-refractivity contribution is 5.26. The molecule has 3 rings (SSSR count). The minimum Gasteiger partial charge on any atom is -0.197 e. The van der Waals surface area contributed by atoms with E-state index in [9.17, 15) is 5.26 Å². The topological polar surface area (TPSA) is 23.8 Å². The van der Waals surface area contributed by atoms with Gasteiger partial charge in [0.25, 0.3) is 0 Å². The third kappa shape index (κ3) is 3.27. The second-order valence-electron chi connectivity index (χ2n) is 8.66. The third-order valence-corrected chi connectivity index (χ3v) is 7.11. The normalized spacial score (nSPS) is 43.2. The molecule has 22 heavy (non-hydrogen) atoms. The molecule has 1 nitrogen and oxygen atoms in total. The number of allylic oxidation sites excluding steroid dienone is 2. The van der Waals surface area contributed by atoms with Crippen LogP contribution >= 0.6 is 0 Å². The summed E-state index contributed by atoms with van der Waals surface area (Å²) in [4.78, 5) is 0. The molecule has 1 heteroatoms. The molecule has 3 aliphatic rings. The Hall–Kier alpha value is -0.770. The lowest BCUT2D eigenvalue weighted by Gasteiger charge is -2.42. The smallest absolute Gasteiger partial charge is 0.0782 e. The maximum atomic E-state index is 9.90. The van der Waals surface area contributed by atoms with Gasteiger partial charge in [-0.3, -0.25) is 0 Å². The summed E-state index contributed by atoms with van der Waals surface area (Å²) >= 11 is 0. The lowest BCUT2D eigenvalue weighted by Crippen LogP contribution is -2.33.